The van der Waals surface area contributed by atoms with E-state index in [0.717, 1.165) is 42.3 Å². The van der Waals surface area contributed by atoms with Crippen molar-refractivity contribution in [2.75, 3.05) is 4.90 Å². The Kier molecular flexibility index (Phi) is 4.71. The molecule has 4 nitrogen and oxygen atoms in total. The quantitative estimate of drug-likeness (QED) is 0.452. The topological polar surface area (TPSA) is 50.3 Å². The summed E-state index contributed by atoms with van der Waals surface area (Å²) in [5, 5.41) is 0.932. The summed E-state index contributed by atoms with van der Waals surface area (Å²) in [5.74, 6) is -0.523. The Bertz CT molecular complexity index is 991. The minimum absolute atomic E-state index is 0.262. The predicted molar refractivity (Wildman–Crippen MR) is 107 cm³/mol. The summed E-state index contributed by atoms with van der Waals surface area (Å²) in [6.45, 7) is 2.18. The van der Waals surface area contributed by atoms with Gasteiger partial charge in [-0.3, -0.25) is 14.6 Å². The maximum Gasteiger partial charge on any atom is 0.266 e. The highest BCUT2D eigenvalue weighted by Gasteiger charge is 2.37. The van der Waals surface area contributed by atoms with Crippen LogP contribution in [0.2, 0.25) is 0 Å². The fourth-order valence-electron chi connectivity index (χ4n) is 3.65. The molecule has 0 saturated carbocycles. The Balaban J connectivity index is 1.78. The molecule has 0 bridgehead atoms. The van der Waals surface area contributed by atoms with Crippen molar-refractivity contribution in [2.24, 2.45) is 0 Å². The first-order chi connectivity index (χ1) is 13.2. The van der Waals surface area contributed by atoms with E-state index in [9.17, 15) is 9.59 Å². The highest BCUT2D eigenvalue weighted by atomic mass is 16.2. The van der Waals surface area contributed by atoms with Gasteiger partial charge in [0.25, 0.3) is 11.8 Å². The molecule has 0 atom stereocenters. The van der Waals surface area contributed by atoms with Gasteiger partial charge >= 0.3 is 0 Å². The molecule has 2 amide bonds. The smallest absolute Gasteiger partial charge is 0.266 e. The molecule has 136 valence electrons. The van der Waals surface area contributed by atoms with Gasteiger partial charge in [0.05, 0.1) is 28.0 Å². The number of aromatic nitrogens is 1. The molecule has 0 radical (unpaired) electrons. The van der Waals surface area contributed by atoms with E-state index in [1.54, 1.807) is 24.3 Å². The highest BCUT2D eigenvalue weighted by Crippen LogP contribution is 2.33. The molecule has 0 aliphatic carbocycles. The Labute approximate surface area is 158 Å². The minimum Gasteiger partial charge on any atom is -0.268 e. The van der Waals surface area contributed by atoms with Crippen molar-refractivity contribution in [2.45, 2.75) is 39.0 Å². The summed E-state index contributed by atoms with van der Waals surface area (Å²) in [4.78, 5) is 32.0. The SMILES string of the molecule is CCCCCCc1nc2ccccc2cc1N1C(=O)c2ccccc2C1=O. The fraction of sp³-hybridized carbons (Fsp3) is 0.261. The van der Waals surface area contributed by atoms with Crippen LogP contribution in [0.3, 0.4) is 0 Å². The van der Waals surface area contributed by atoms with Gasteiger partial charge in [-0.25, -0.2) is 4.90 Å². The lowest BCUT2D eigenvalue weighted by atomic mass is 10.1. The standard InChI is InChI=1S/C23H22N2O2/c1-2-3-4-5-14-20-21(15-16-10-6-9-13-19(16)24-20)25-22(26)17-11-7-8-12-18(17)23(25)27/h6-13,15H,2-5,14H2,1H3. The summed E-state index contributed by atoms with van der Waals surface area (Å²) in [6.07, 6.45) is 5.21. The number of imide groups is 1. The molecule has 0 saturated heterocycles. The number of anilines is 1. The summed E-state index contributed by atoms with van der Waals surface area (Å²) in [5.41, 5.74) is 3.26. The van der Waals surface area contributed by atoms with Crippen LogP contribution in [-0.2, 0) is 6.42 Å². The van der Waals surface area contributed by atoms with Crippen LogP contribution in [-0.4, -0.2) is 16.8 Å². The molecule has 27 heavy (non-hydrogen) atoms. The van der Waals surface area contributed by atoms with Crippen molar-refractivity contribution in [3.8, 4) is 0 Å². The molecular formula is C23H22N2O2. The molecule has 0 N–H and O–H groups in total. The van der Waals surface area contributed by atoms with Crippen molar-refractivity contribution in [1.29, 1.82) is 0 Å². The molecule has 2 aromatic carbocycles. The summed E-state index contributed by atoms with van der Waals surface area (Å²) in [7, 11) is 0. The third kappa shape index (κ3) is 3.12. The summed E-state index contributed by atoms with van der Waals surface area (Å²) in [6, 6.07) is 16.8. The van der Waals surface area contributed by atoms with Crippen LogP contribution in [0.5, 0.6) is 0 Å². The third-order valence-electron chi connectivity index (χ3n) is 5.08. The number of carbonyl (C=O) groups excluding carboxylic acids is 2. The van der Waals surface area contributed by atoms with Crippen molar-refractivity contribution < 1.29 is 9.59 Å². The van der Waals surface area contributed by atoms with Crippen LogP contribution in [0.1, 0.15) is 59.0 Å². The summed E-state index contributed by atoms with van der Waals surface area (Å²) < 4.78 is 0. The maximum absolute atomic E-state index is 12.9. The number of rotatable bonds is 6. The lowest BCUT2D eigenvalue weighted by molar-refractivity contribution is 0.0925. The van der Waals surface area contributed by atoms with Crippen molar-refractivity contribution in [3.63, 3.8) is 0 Å². The monoisotopic (exact) mass is 358 g/mol. The number of amides is 2. The van der Waals surface area contributed by atoms with Gasteiger partial charge in [-0.2, -0.15) is 0 Å². The molecule has 0 unspecified atom stereocenters. The number of hydrogen-bond acceptors (Lipinski definition) is 3. The van der Waals surface area contributed by atoms with Gasteiger partial charge in [0, 0.05) is 5.39 Å². The van der Waals surface area contributed by atoms with E-state index in [4.69, 9.17) is 4.98 Å². The van der Waals surface area contributed by atoms with Crippen LogP contribution in [0.15, 0.2) is 54.6 Å². The van der Waals surface area contributed by atoms with Crippen molar-refractivity contribution in [3.05, 3.63) is 71.4 Å². The number of carbonyl (C=O) groups is 2. The zero-order valence-electron chi connectivity index (χ0n) is 15.4. The number of para-hydroxylation sites is 1. The third-order valence-corrected chi connectivity index (χ3v) is 5.08. The van der Waals surface area contributed by atoms with Crippen LogP contribution in [0.25, 0.3) is 10.9 Å². The van der Waals surface area contributed by atoms with Gasteiger partial charge in [-0.15, -0.1) is 0 Å². The lowest BCUT2D eigenvalue weighted by Crippen LogP contribution is -2.30. The Morgan fingerprint density at radius 2 is 1.52 bits per heavy atom. The average molecular weight is 358 g/mol. The number of pyridine rings is 1. The Morgan fingerprint density at radius 1 is 0.852 bits per heavy atom. The van der Waals surface area contributed by atoms with Crippen LogP contribution in [0.4, 0.5) is 5.69 Å². The molecule has 0 fully saturated rings. The van der Waals surface area contributed by atoms with Gasteiger partial charge in [-0.1, -0.05) is 56.5 Å². The van der Waals surface area contributed by atoms with Gasteiger partial charge < -0.3 is 0 Å². The zero-order valence-corrected chi connectivity index (χ0v) is 15.4. The first-order valence-corrected chi connectivity index (χ1v) is 9.57. The lowest BCUT2D eigenvalue weighted by Gasteiger charge is -2.18. The molecule has 2 heterocycles. The largest absolute Gasteiger partial charge is 0.268 e. The number of fused-ring (bicyclic) bond motifs is 2. The number of aryl methyl sites for hydroxylation is 1. The second-order valence-corrected chi connectivity index (χ2v) is 6.95. The average Bonchev–Trinajstić information content (AvgIpc) is 2.95. The fourth-order valence-corrected chi connectivity index (χ4v) is 3.65. The number of nitrogens with zero attached hydrogens (tertiary/aromatic N) is 2. The van der Waals surface area contributed by atoms with E-state index in [2.05, 4.69) is 6.92 Å². The normalized spacial score (nSPS) is 13.4. The van der Waals surface area contributed by atoms with Gasteiger partial charge in [0.2, 0.25) is 0 Å². The van der Waals surface area contributed by atoms with Gasteiger partial charge in [0.1, 0.15) is 0 Å². The van der Waals surface area contributed by atoms with Gasteiger partial charge in [-0.05, 0) is 37.1 Å². The number of benzene rings is 2. The van der Waals surface area contributed by atoms with Crippen LogP contribution in [0, 0.1) is 0 Å². The van der Waals surface area contributed by atoms with E-state index in [-0.39, 0.29) is 11.8 Å². The van der Waals surface area contributed by atoms with Gasteiger partial charge in [0.15, 0.2) is 0 Å². The van der Waals surface area contributed by atoms with Crippen LogP contribution < -0.4 is 4.90 Å². The Morgan fingerprint density at radius 3 is 2.22 bits per heavy atom. The Hall–Kier alpha value is -3.01. The first-order valence-electron chi connectivity index (χ1n) is 9.57. The molecule has 1 aromatic heterocycles. The highest BCUT2D eigenvalue weighted by molar-refractivity contribution is 6.34. The summed E-state index contributed by atoms with van der Waals surface area (Å²) >= 11 is 0. The second-order valence-electron chi connectivity index (χ2n) is 6.95. The molecule has 0 spiro atoms. The van der Waals surface area contributed by atoms with Crippen molar-refractivity contribution >= 4 is 28.4 Å². The number of unbranched alkanes of at least 4 members (excludes halogenated alkanes) is 3. The second kappa shape index (κ2) is 7.31. The van der Waals surface area contributed by atoms with E-state index in [0.29, 0.717) is 16.8 Å². The van der Waals surface area contributed by atoms with Crippen molar-refractivity contribution in [1.82, 2.24) is 4.98 Å². The minimum atomic E-state index is -0.262. The molecular weight excluding hydrogens is 336 g/mol. The maximum atomic E-state index is 12.9. The molecule has 4 rings (SSSR count). The molecule has 1 aliphatic rings. The van der Waals surface area contributed by atoms with E-state index >= 15 is 0 Å². The van der Waals surface area contributed by atoms with E-state index < -0.39 is 0 Å². The first kappa shape index (κ1) is 17.4. The van der Waals surface area contributed by atoms with E-state index in [1.807, 2.05) is 30.3 Å². The number of hydrogen-bond donors (Lipinski definition) is 0. The predicted octanol–water partition coefficient (Wildman–Crippen LogP) is 5.16. The zero-order chi connectivity index (χ0) is 18.8. The molecule has 1 aliphatic heterocycles. The van der Waals surface area contributed by atoms with Crippen LogP contribution >= 0.6 is 0 Å². The molecule has 4 heteroatoms. The van der Waals surface area contributed by atoms with E-state index in [1.165, 1.54) is 11.3 Å². The molecule has 3 aromatic rings.